The summed E-state index contributed by atoms with van der Waals surface area (Å²) in [5.74, 6) is 0.752. The summed E-state index contributed by atoms with van der Waals surface area (Å²) in [6, 6.07) is 3.27. The molecule has 0 fully saturated rings. The number of carbonyl (C=O) groups is 1. The van der Waals surface area contributed by atoms with Crippen LogP contribution in [0.5, 0.6) is 0 Å². The summed E-state index contributed by atoms with van der Waals surface area (Å²) >= 11 is 0. The van der Waals surface area contributed by atoms with Crippen molar-refractivity contribution in [1.82, 2.24) is 30.3 Å². The molecule has 3 rings (SSSR count). The Morgan fingerprint density at radius 1 is 1.46 bits per heavy atom. The summed E-state index contributed by atoms with van der Waals surface area (Å²) in [5.41, 5.74) is 1.72. The highest BCUT2D eigenvalue weighted by atomic mass is 16.5. The number of aryl methyl sites for hydroxylation is 1. The Balaban J connectivity index is 1.82. The minimum atomic E-state index is -0.383. The number of carbonyl (C=O) groups excluding carboxylic acids is 1. The van der Waals surface area contributed by atoms with E-state index in [-0.39, 0.29) is 36.2 Å². The highest BCUT2D eigenvalue weighted by Gasteiger charge is 2.33. The van der Waals surface area contributed by atoms with Crippen molar-refractivity contribution in [2.45, 2.75) is 31.9 Å². The molecule has 0 saturated carbocycles. The van der Waals surface area contributed by atoms with Crippen molar-refractivity contribution in [2.75, 3.05) is 27.2 Å². The Bertz CT molecular complexity index is 1100. The van der Waals surface area contributed by atoms with Crippen LogP contribution in [0.15, 0.2) is 64.3 Å². The molecular formula is C24H34N8O3. The molecule has 0 bridgehead atoms. The molecule has 2 atom stereocenters. The SMILES string of the molecule is C=C(C)C(=O)NC1CC(NC(=N/c2ccc[nH]2)/N=C/c2cnn(C)c2)=C(O)CC1OCCN(C)C. The molecule has 4 N–H and O–H groups in total. The van der Waals surface area contributed by atoms with Gasteiger partial charge >= 0.3 is 0 Å². The predicted octanol–water partition coefficient (Wildman–Crippen LogP) is 2.02. The lowest BCUT2D eigenvalue weighted by atomic mass is 9.93. The van der Waals surface area contributed by atoms with Gasteiger partial charge < -0.3 is 30.4 Å². The standard InChI is InChI=1S/C24H34N8O3/c1-16(2)23(34)28-19-11-18(20(33)12-21(19)35-10-9-31(3)4)29-24(30-22-7-6-8-25-22)26-13-17-14-27-32(5)15-17/h6-8,13-15,19,21,25,33H,1,9-12H2,2-5H3,(H,28,34)(H,29,30)/b26-13+. The molecule has 0 aliphatic heterocycles. The molecule has 1 aliphatic carbocycles. The number of nitrogens with one attached hydrogen (secondary N) is 3. The molecule has 0 aromatic carbocycles. The van der Waals surface area contributed by atoms with Crippen molar-refractivity contribution >= 4 is 23.9 Å². The first-order chi connectivity index (χ1) is 16.7. The summed E-state index contributed by atoms with van der Waals surface area (Å²) in [5, 5.41) is 21.1. The van der Waals surface area contributed by atoms with Crippen LogP contribution in [0, 0.1) is 0 Å². The fourth-order valence-electron chi connectivity index (χ4n) is 3.42. The van der Waals surface area contributed by atoms with Gasteiger partial charge in [0.25, 0.3) is 0 Å². The monoisotopic (exact) mass is 482 g/mol. The van der Waals surface area contributed by atoms with E-state index >= 15 is 0 Å². The third kappa shape index (κ3) is 7.94. The first kappa shape index (κ1) is 25.9. The molecule has 1 amide bonds. The van der Waals surface area contributed by atoms with Crippen LogP contribution in [0.2, 0.25) is 0 Å². The average Bonchev–Trinajstić information content (AvgIpc) is 3.46. The summed E-state index contributed by atoms with van der Waals surface area (Å²) in [6.07, 6.45) is 7.07. The molecule has 2 unspecified atom stereocenters. The van der Waals surface area contributed by atoms with Gasteiger partial charge in [0.15, 0.2) is 0 Å². The van der Waals surface area contributed by atoms with Gasteiger partial charge in [-0.25, -0.2) is 4.99 Å². The second kappa shape index (κ2) is 12.1. The van der Waals surface area contributed by atoms with Gasteiger partial charge in [0.2, 0.25) is 11.9 Å². The fourth-order valence-corrected chi connectivity index (χ4v) is 3.42. The Morgan fingerprint density at radius 2 is 2.26 bits per heavy atom. The number of rotatable bonds is 9. The lowest BCUT2D eigenvalue weighted by molar-refractivity contribution is -0.119. The minimum Gasteiger partial charge on any atom is -0.510 e. The van der Waals surface area contributed by atoms with Crippen LogP contribution in [0.4, 0.5) is 5.82 Å². The minimum absolute atomic E-state index is 0.136. The smallest absolute Gasteiger partial charge is 0.246 e. The zero-order valence-corrected chi connectivity index (χ0v) is 20.7. The van der Waals surface area contributed by atoms with E-state index in [1.54, 1.807) is 36.3 Å². The lowest BCUT2D eigenvalue weighted by Gasteiger charge is -2.33. The zero-order chi connectivity index (χ0) is 25.4. The van der Waals surface area contributed by atoms with Crippen LogP contribution in [0.25, 0.3) is 0 Å². The largest absolute Gasteiger partial charge is 0.510 e. The summed E-state index contributed by atoms with van der Waals surface area (Å²) in [6.45, 7) is 6.58. The average molecular weight is 483 g/mol. The Hall–Kier alpha value is -3.70. The Morgan fingerprint density at radius 3 is 2.89 bits per heavy atom. The van der Waals surface area contributed by atoms with E-state index < -0.39 is 0 Å². The number of H-pyrrole nitrogens is 1. The Labute approximate surface area is 205 Å². The highest BCUT2D eigenvalue weighted by molar-refractivity contribution is 5.95. The van der Waals surface area contributed by atoms with E-state index in [2.05, 4.69) is 37.3 Å². The van der Waals surface area contributed by atoms with Crippen LogP contribution in [0.3, 0.4) is 0 Å². The van der Waals surface area contributed by atoms with Crippen molar-refractivity contribution in [3.8, 4) is 0 Å². The van der Waals surface area contributed by atoms with Gasteiger partial charge in [-0.15, -0.1) is 0 Å². The van der Waals surface area contributed by atoms with Crippen molar-refractivity contribution in [3.05, 3.63) is 59.9 Å². The van der Waals surface area contributed by atoms with Gasteiger partial charge in [0, 0.05) is 56.2 Å². The van der Waals surface area contributed by atoms with Gasteiger partial charge in [-0.3, -0.25) is 9.48 Å². The fraction of sp³-hybridized carbons (Fsp3) is 0.417. The molecule has 2 heterocycles. The number of likely N-dealkylation sites (N-methyl/N-ethyl adjacent to an activating group) is 1. The molecule has 2 aromatic heterocycles. The van der Waals surface area contributed by atoms with Crippen molar-refractivity contribution in [2.24, 2.45) is 17.0 Å². The third-order valence-electron chi connectivity index (χ3n) is 5.32. The highest BCUT2D eigenvalue weighted by Crippen LogP contribution is 2.25. The number of aromatic nitrogens is 3. The number of aliphatic imine (C=N–C) groups is 2. The van der Waals surface area contributed by atoms with Crippen LogP contribution in [-0.2, 0) is 16.6 Å². The second-order valence-corrected chi connectivity index (χ2v) is 8.73. The molecule has 11 heteroatoms. The molecular weight excluding hydrogens is 448 g/mol. The predicted molar refractivity (Wildman–Crippen MR) is 136 cm³/mol. The number of aromatic amines is 1. The van der Waals surface area contributed by atoms with E-state index in [0.29, 0.717) is 30.1 Å². The summed E-state index contributed by atoms with van der Waals surface area (Å²) < 4.78 is 7.70. The maximum absolute atomic E-state index is 12.4. The van der Waals surface area contributed by atoms with Gasteiger partial charge in [-0.05, 0) is 33.2 Å². The maximum Gasteiger partial charge on any atom is 0.246 e. The zero-order valence-electron chi connectivity index (χ0n) is 20.7. The number of hydrogen-bond donors (Lipinski definition) is 4. The molecule has 35 heavy (non-hydrogen) atoms. The molecule has 0 spiro atoms. The molecule has 2 aromatic rings. The number of hydrogen-bond acceptors (Lipinski definition) is 6. The molecule has 11 nitrogen and oxygen atoms in total. The molecule has 0 radical (unpaired) electrons. The van der Waals surface area contributed by atoms with E-state index in [0.717, 1.165) is 12.1 Å². The van der Waals surface area contributed by atoms with Gasteiger partial charge in [-0.2, -0.15) is 10.1 Å². The summed E-state index contributed by atoms with van der Waals surface area (Å²) in [4.78, 5) is 26.4. The molecule has 188 valence electrons. The summed E-state index contributed by atoms with van der Waals surface area (Å²) in [7, 11) is 5.74. The van der Waals surface area contributed by atoms with Crippen LogP contribution >= 0.6 is 0 Å². The first-order valence-corrected chi connectivity index (χ1v) is 11.4. The van der Waals surface area contributed by atoms with E-state index in [1.165, 1.54) is 0 Å². The third-order valence-corrected chi connectivity index (χ3v) is 5.32. The van der Waals surface area contributed by atoms with E-state index in [9.17, 15) is 9.90 Å². The Kier molecular flexibility index (Phi) is 8.98. The number of aliphatic hydroxyl groups excluding tert-OH is 1. The van der Waals surface area contributed by atoms with Crippen molar-refractivity contribution < 1.29 is 14.6 Å². The van der Waals surface area contributed by atoms with Gasteiger partial charge in [0.1, 0.15) is 11.6 Å². The van der Waals surface area contributed by atoms with Gasteiger partial charge in [0.05, 0.1) is 30.6 Å². The number of guanidine groups is 1. The van der Waals surface area contributed by atoms with Crippen LogP contribution in [-0.4, -0.2) is 82.2 Å². The maximum atomic E-state index is 12.4. The molecule has 1 aliphatic rings. The van der Waals surface area contributed by atoms with Crippen molar-refractivity contribution in [1.29, 1.82) is 0 Å². The van der Waals surface area contributed by atoms with Crippen molar-refractivity contribution in [3.63, 3.8) is 0 Å². The molecule has 0 saturated heterocycles. The number of nitrogens with zero attached hydrogens (tertiary/aromatic N) is 5. The second-order valence-electron chi connectivity index (χ2n) is 8.73. The first-order valence-electron chi connectivity index (χ1n) is 11.4. The van der Waals surface area contributed by atoms with E-state index in [4.69, 9.17) is 4.74 Å². The van der Waals surface area contributed by atoms with Crippen LogP contribution in [0.1, 0.15) is 25.3 Å². The van der Waals surface area contributed by atoms with Gasteiger partial charge in [-0.1, -0.05) is 6.58 Å². The number of ether oxygens (including phenoxy) is 1. The number of amides is 1. The topological polar surface area (TPSA) is 132 Å². The number of aliphatic hydroxyl groups is 1. The lowest BCUT2D eigenvalue weighted by Crippen LogP contribution is -2.49. The van der Waals surface area contributed by atoms with E-state index in [1.807, 2.05) is 38.3 Å². The van der Waals surface area contributed by atoms with Crippen LogP contribution < -0.4 is 10.6 Å². The quantitative estimate of drug-likeness (QED) is 0.246. The normalized spacial score (nSPS) is 18.9.